The lowest BCUT2D eigenvalue weighted by atomic mass is 9.95. The molecule has 2 aromatic rings. The molecular formula is C25H30ClF3N4O2. The summed E-state index contributed by atoms with van der Waals surface area (Å²) in [6.45, 7) is 5.94. The Morgan fingerprint density at radius 2 is 2.00 bits per heavy atom. The summed E-state index contributed by atoms with van der Waals surface area (Å²) in [5.74, 6) is -0.322. The molecule has 1 saturated carbocycles. The Bertz CT molecular complexity index is 1100. The second-order valence-corrected chi connectivity index (χ2v) is 10.3. The summed E-state index contributed by atoms with van der Waals surface area (Å²) in [5, 5.41) is 4.79. The van der Waals surface area contributed by atoms with Crippen molar-refractivity contribution in [2.45, 2.75) is 69.9 Å². The van der Waals surface area contributed by atoms with Gasteiger partial charge in [-0.3, -0.25) is 14.4 Å². The molecule has 1 aliphatic carbocycles. The topological polar surface area (TPSA) is 50.6 Å². The van der Waals surface area contributed by atoms with Crippen LogP contribution in [-0.2, 0) is 22.3 Å². The number of likely N-dealkylation sites (tertiary alicyclic amines) is 1. The Morgan fingerprint density at radius 3 is 2.69 bits per heavy atom. The molecule has 1 aromatic heterocycles. The predicted molar refractivity (Wildman–Crippen MR) is 125 cm³/mol. The number of halogens is 4. The standard InChI is InChI=1S/C25H30ClF3N4O2/c1-15-4-3-5-18(23(15)26)24-20(31-10-11-35-14-16(31)2)8-9-32(24)22(34)13-33-21(25(27,28)29)12-19(30-33)17-6-7-17/h3-5,12,16-17,20,24H,6-11,13-14H2,1-2H3/t16-,20-,24-/m0/s1. The first-order valence-electron chi connectivity index (χ1n) is 12.2. The molecule has 0 N–H and O–H groups in total. The molecular weight excluding hydrogens is 481 g/mol. The highest BCUT2D eigenvalue weighted by atomic mass is 35.5. The summed E-state index contributed by atoms with van der Waals surface area (Å²) in [6.07, 6.45) is -2.19. The van der Waals surface area contributed by atoms with Gasteiger partial charge in [0.25, 0.3) is 0 Å². The monoisotopic (exact) mass is 510 g/mol. The van der Waals surface area contributed by atoms with Gasteiger partial charge in [-0.15, -0.1) is 0 Å². The second kappa shape index (κ2) is 9.41. The largest absolute Gasteiger partial charge is 0.433 e. The van der Waals surface area contributed by atoms with Crippen molar-refractivity contribution >= 4 is 17.5 Å². The van der Waals surface area contributed by atoms with Crippen LogP contribution in [0.5, 0.6) is 0 Å². The lowest BCUT2D eigenvalue weighted by molar-refractivity contribution is -0.146. The Kier molecular flexibility index (Phi) is 6.61. The minimum Gasteiger partial charge on any atom is -0.379 e. The fraction of sp³-hybridized carbons (Fsp3) is 0.600. The van der Waals surface area contributed by atoms with Crippen LogP contribution in [0, 0.1) is 6.92 Å². The maximum absolute atomic E-state index is 13.7. The number of hydrogen-bond donors (Lipinski definition) is 0. The summed E-state index contributed by atoms with van der Waals surface area (Å²) in [4.78, 5) is 17.6. The number of benzene rings is 1. The number of morpholine rings is 1. The predicted octanol–water partition coefficient (Wildman–Crippen LogP) is 4.80. The number of ether oxygens (including phenoxy) is 1. The summed E-state index contributed by atoms with van der Waals surface area (Å²) in [6, 6.07) is 6.65. The van der Waals surface area contributed by atoms with Gasteiger partial charge in [-0.25, -0.2) is 0 Å². The lowest BCUT2D eigenvalue weighted by Crippen LogP contribution is -2.51. The number of carbonyl (C=O) groups is 1. The molecule has 2 aliphatic heterocycles. The van der Waals surface area contributed by atoms with Crippen LogP contribution in [0.25, 0.3) is 0 Å². The van der Waals surface area contributed by atoms with Crippen molar-refractivity contribution in [3.05, 3.63) is 51.8 Å². The third-order valence-electron chi connectivity index (χ3n) is 7.44. The Balaban J connectivity index is 1.47. The van der Waals surface area contributed by atoms with Gasteiger partial charge in [0, 0.05) is 36.1 Å². The van der Waals surface area contributed by atoms with E-state index in [9.17, 15) is 18.0 Å². The number of amides is 1. The van der Waals surface area contributed by atoms with Gasteiger partial charge in [-0.1, -0.05) is 29.8 Å². The molecule has 190 valence electrons. The molecule has 3 heterocycles. The van der Waals surface area contributed by atoms with Crippen molar-refractivity contribution in [3.63, 3.8) is 0 Å². The maximum Gasteiger partial charge on any atom is 0.433 e. The Hall–Kier alpha value is -2.10. The quantitative estimate of drug-likeness (QED) is 0.579. The maximum atomic E-state index is 13.7. The second-order valence-electron chi connectivity index (χ2n) is 9.91. The van der Waals surface area contributed by atoms with Crippen LogP contribution < -0.4 is 0 Å². The van der Waals surface area contributed by atoms with E-state index in [4.69, 9.17) is 16.3 Å². The fourth-order valence-electron chi connectivity index (χ4n) is 5.49. The van der Waals surface area contributed by atoms with E-state index >= 15 is 0 Å². The minimum absolute atomic E-state index is 0.00103. The Labute approximate surface area is 208 Å². The molecule has 5 rings (SSSR count). The third-order valence-corrected chi connectivity index (χ3v) is 7.96. The number of aromatic nitrogens is 2. The molecule has 3 fully saturated rings. The van der Waals surface area contributed by atoms with E-state index in [0.717, 1.165) is 41.3 Å². The van der Waals surface area contributed by atoms with Crippen molar-refractivity contribution in [1.29, 1.82) is 0 Å². The highest BCUT2D eigenvalue weighted by Crippen LogP contribution is 2.43. The average Bonchev–Trinajstić information content (AvgIpc) is 3.41. The summed E-state index contributed by atoms with van der Waals surface area (Å²) >= 11 is 6.73. The third kappa shape index (κ3) is 4.82. The number of alkyl halides is 3. The molecule has 6 nitrogen and oxygen atoms in total. The van der Waals surface area contributed by atoms with Gasteiger partial charge in [0.1, 0.15) is 12.2 Å². The van der Waals surface area contributed by atoms with Crippen molar-refractivity contribution < 1.29 is 22.7 Å². The van der Waals surface area contributed by atoms with Crippen molar-refractivity contribution in [1.82, 2.24) is 19.6 Å². The van der Waals surface area contributed by atoms with Crippen LogP contribution >= 0.6 is 11.6 Å². The van der Waals surface area contributed by atoms with E-state index < -0.39 is 18.4 Å². The normalized spacial score (nSPS) is 25.9. The number of hydrogen-bond acceptors (Lipinski definition) is 4. The van der Waals surface area contributed by atoms with Crippen LogP contribution in [0.4, 0.5) is 13.2 Å². The first kappa shape index (κ1) is 24.6. The molecule has 10 heteroatoms. The number of aryl methyl sites for hydroxylation is 1. The molecule has 0 spiro atoms. The van der Waals surface area contributed by atoms with Gasteiger partial charge in [0.15, 0.2) is 0 Å². The fourth-order valence-corrected chi connectivity index (χ4v) is 5.73. The zero-order valence-electron chi connectivity index (χ0n) is 19.9. The van der Waals surface area contributed by atoms with Crippen LogP contribution in [0.3, 0.4) is 0 Å². The minimum atomic E-state index is -4.57. The van der Waals surface area contributed by atoms with E-state index in [-0.39, 0.29) is 30.0 Å². The highest BCUT2D eigenvalue weighted by Gasteiger charge is 2.45. The smallest absolute Gasteiger partial charge is 0.379 e. The summed E-state index contributed by atoms with van der Waals surface area (Å²) in [7, 11) is 0. The van der Waals surface area contributed by atoms with Crippen molar-refractivity contribution in [2.24, 2.45) is 0 Å². The van der Waals surface area contributed by atoms with Gasteiger partial charge in [-0.05, 0) is 50.3 Å². The van der Waals surface area contributed by atoms with Crippen molar-refractivity contribution in [3.8, 4) is 0 Å². The number of rotatable bonds is 5. The molecule has 2 saturated heterocycles. The summed E-state index contributed by atoms with van der Waals surface area (Å²) in [5.41, 5.74) is 1.29. The number of carbonyl (C=O) groups excluding carboxylic acids is 1. The van der Waals surface area contributed by atoms with Gasteiger partial charge < -0.3 is 9.64 Å². The molecule has 1 aromatic carbocycles. The van der Waals surface area contributed by atoms with Crippen LogP contribution in [0.1, 0.15) is 60.7 Å². The van der Waals surface area contributed by atoms with Gasteiger partial charge in [0.05, 0.1) is 24.9 Å². The zero-order chi connectivity index (χ0) is 24.9. The van der Waals surface area contributed by atoms with Gasteiger partial charge >= 0.3 is 6.18 Å². The Morgan fingerprint density at radius 1 is 1.23 bits per heavy atom. The first-order chi connectivity index (χ1) is 16.6. The molecule has 35 heavy (non-hydrogen) atoms. The molecule has 0 radical (unpaired) electrons. The molecule has 3 atom stereocenters. The SMILES string of the molecule is Cc1cccc([C@H]2[C@@H](N3CCOC[C@@H]3C)CCN2C(=O)Cn2nc(C3CC3)cc2C(F)(F)F)c1Cl. The zero-order valence-corrected chi connectivity index (χ0v) is 20.6. The first-order valence-corrected chi connectivity index (χ1v) is 12.6. The molecule has 1 amide bonds. The van der Waals surface area contributed by atoms with Crippen molar-refractivity contribution in [2.75, 3.05) is 26.3 Å². The van der Waals surface area contributed by atoms with Gasteiger partial charge in [-0.2, -0.15) is 18.3 Å². The van der Waals surface area contributed by atoms with Crippen LogP contribution in [0.15, 0.2) is 24.3 Å². The molecule has 0 unspecified atom stereocenters. The average molecular weight is 511 g/mol. The van der Waals surface area contributed by atoms with E-state index in [1.54, 1.807) is 4.90 Å². The summed E-state index contributed by atoms with van der Waals surface area (Å²) < 4.78 is 47.7. The molecule has 0 bridgehead atoms. The van der Waals surface area contributed by atoms with Crippen LogP contribution in [0.2, 0.25) is 5.02 Å². The molecule has 3 aliphatic rings. The van der Waals surface area contributed by atoms with Gasteiger partial charge in [0.2, 0.25) is 5.91 Å². The van der Waals surface area contributed by atoms with E-state index in [1.165, 1.54) is 0 Å². The van der Waals surface area contributed by atoms with Crippen LogP contribution in [-0.4, -0.2) is 63.9 Å². The van der Waals surface area contributed by atoms with E-state index in [1.807, 2.05) is 25.1 Å². The number of nitrogens with zero attached hydrogens (tertiary/aromatic N) is 4. The highest BCUT2D eigenvalue weighted by molar-refractivity contribution is 6.32. The van der Waals surface area contributed by atoms with E-state index in [0.29, 0.717) is 36.9 Å². The van der Waals surface area contributed by atoms with E-state index in [2.05, 4.69) is 16.9 Å². The lowest BCUT2D eigenvalue weighted by Gasteiger charge is -2.41.